The monoisotopic (exact) mass is 310 g/mol. The summed E-state index contributed by atoms with van der Waals surface area (Å²) in [4.78, 5) is 4.82. The number of aromatic nitrogens is 1. The Kier molecular flexibility index (Phi) is 4.61. The Bertz CT molecular complexity index is 789. The van der Waals surface area contributed by atoms with Crippen LogP contribution in [0.1, 0.15) is 0 Å². The fourth-order valence-corrected chi connectivity index (χ4v) is 3.22. The molecule has 4 heteroatoms. The second-order valence-electron chi connectivity index (χ2n) is 4.87. The summed E-state index contributed by atoms with van der Waals surface area (Å²) in [6.07, 6.45) is 0. The topological polar surface area (TPSA) is 48.1 Å². The summed E-state index contributed by atoms with van der Waals surface area (Å²) in [6, 6.07) is 18.4. The number of nitrogens with zero attached hydrogens (tertiary/aromatic N) is 1. The molecule has 2 N–H and O–H groups in total. The van der Waals surface area contributed by atoms with Crippen molar-refractivity contribution in [2.24, 2.45) is 5.73 Å². The van der Waals surface area contributed by atoms with Gasteiger partial charge < -0.3 is 10.5 Å². The number of benzene rings is 2. The summed E-state index contributed by atoms with van der Waals surface area (Å²) in [5.41, 5.74) is 8.81. The molecule has 3 nitrogen and oxygen atoms in total. The van der Waals surface area contributed by atoms with Crippen molar-refractivity contribution in [2.75, 3.05) is 19.4 Å². The Morgan fingerprint density at radius 1 is 1.05 bits per heavy atom. The number of nitrogens with two attached hydrogens (primary N) is 1. The Morgan fingerprint density at radius 2 is 1.82 bits per heavy atom. The summed E-state index contributed by atoms with van der Waals surface area (Å²) in [6.45, 7) is 0.630. The van der Waals surface area contributed by atoms with E-state index >= 15 is 0 Å². The van der Waals surface area contributed by atoms with E-state index in [-0.39, 0.29) is 0 Å². The van der Waals surface area contributed by atoms with E-state index in [0.717, 1.165) is 38.6 Å². The van der Waals surface area contributed by atoms with E-state index in [0.29, 0.717) is 6.54 Å². The van der Waals surface area contributed by atoms with Crippen LogP contribution in [0.2, 0.25) is 0 Å². The third-order valence-electron chi connectivity index (χ3n) is 3.44. The van der Waals surface area contributed by atoms with Gasteiger partial charge in [-0.05, 0) is 18.2 Å². The molecule has 0 spiro atoms. The summed E-state index contributed by atoms with van der Waals surface area (Å²) >= 11 is 1.68. The molecule has 112 valence electrons. The molecule has 1 heterocycles. The van der Waals surface area contributed by atoms with Gasteiger partial charge in [0.2, 0.25) is 0 Å². The molecule has 0 aliphatic heterocycles. The quantitative estimate of drug-likeness (QED) is 0.725. The second kappa shape index (κ2) is 6.81. The van der Waals surface area contributed by atoms with Crippen molar-refractivity contribution in [2.45, 2.75) is 5.03 Å². The number of thioether (sulfide) groups is 1. The summed E-state index contributed by atoms with van der Waals surface area (Å²) in [7, 11) is 1.69. The van der Waals surface area contributed by atoms with E-state index in [9.17, 15) is 0 Å². The zero-order valence-corrected chi connectivity index (χ0v) is 13.3. The van der Waals surface area contributed by atoms with E-state index < -0.39 is 0 Å². The van der Waals surface area contributed by atoms with Crippen molar-refractivity contribution < 1.29 is 4.74 Å². The molecule has 0 unspecified atom stereocenters. The molecule has 0 amide bonds. The number of hydrogen-bond donors (Lipinski definition) is 1. The first kappa shape index (κ1) is 14.9. The van der Waals surface area contributed by atoms with Crippen LogP contribution in [0.3, 0.4) is 0 Å². The average molecular weight is 310 g/mol. The highest BCUT2D eigenvalue weighted by atomic mass is 32.2. The highest BCUT2D eigenvalue weighted by Crippen LogP contribution is 2.37. The van der Waals surface area contributed by atoms with Gasteiger partial charge in [0.25, 0.3) is 0 Å². The maximum Gasteiger partial charge on any atom is 0.126 e. The van der Waals surface area contributed by atoms with Crippen molar-refractivity contribution in [3.8, 4) is 16.9 Å². The molecule has 0 radical (unpaired) electrons. The van der Waals surface area contributed by atoms with Gasteiger partial charge in [0.15, 0.2) is 0 Å². The van der Waals surface area contributed by atoms with Gasteiger partial charge in [-0.1, -0.05) is 36.4 Å². The van der Waals surface area contributed by atoms with Gasteiger partial charge in [-0.2, -0.15) is 0 Å². The number of rotatable bonds is 5. The lowest BCUT2D eigenvalue weighted by Gasteiger charge is -2.13. The minimum Gasteiger partial charge on any atom is -0.496 e. The largest absolute Gasteiger partial charge is 0.496 e. The molecular weight excluding hydrogens is 292 g/mol. The molecule has 0 bridgehead atoms. The van der Waals surface area contributed by atoms with Crippen LogP contribution >= 0.6 is 11.8 Å². The van der Waals surface area contributed by atoms with Gasteiger partial charge >= 0.3 is 0 Å². The number of para-hydroxylation sites is 2. The van der Waals surface area contributed by atoms with Gasteiger partial charge in [-0.3, -0.25) is 0 Å². The molecule has 0 aliphatic carbocycles. The number of methoxy groups -OCH3 is 1. The molecule has 0 aliphatic rings. The van der Waals surface area contributed by atoms with Crippen molar-refractivity contribution in [1.29, 1.82) is 0 Å². The molecule has 2 aromatic carbocycles. The summed E-state index contributed by atoms with van der Waals surface area (Å²) in [5.74, 6) is 1.70. The normalized spacial score (nSPS) is 10.8. The predicted molar refractivity (Wildman–Crippen MR) is 93.5 cm³/mol. The molecule has 1 aromatic heterocycles. The maximum absolute atomic E-state index is 5.66. The standard InChI is InChI=1S/C18H18N2OS/c1-21-17-9-5-3-7-14(17)15-12-13-6-2-4-8-16(13)20-18(15)22-11-10-19/h2-9,12H,10-11,19H2,1H3. The lowest BCUT2D eigenvalue weighted by Crippen LogP contribution is -2.02. The van der Waals surface area contributed by atoms with Crippen LogP contribution in [-0.4, -0.2) is 24.4 Å². The third kappa shape index (κ3) is 2.93. The molecule has 3 rings (SSSR count). The van der Waals surface area contributed by atoms with E-state index in [1.807, 2.05) is 36.4 Å². The van der Waals surface area contributed by atoms with Crippen molar-refractivity contribution in [3.63, 3.8) is 0 Å². The van der Waals surface area contributed by atoms with E-state index in [1.165, 1.54) is 0 Å². The minimum atomic E-state index is 0.630. The molecule has 3 aromatic rings. The van der Waals surface area contributed by atoms with Gasteiger partial charge in [0.05, 0.1) is 12.6 Å². The van der Waals surface area contributed by atoms with Crippen LogP contribution in [0, 0.1) is 0 Å². The van der Waals surface area contributed by atoms with E-state index in [2.05, 4.69) is 18.2 Å². The lowest BCUT2D eigenvalue weighted by atomic mass is 10.0. The number of pyridine rings is 1. The Labute approximate surface area is 134 Å². The van der Waals surface area contributed by atoms with Crippen LogP contribution in [-0.2, 0) is 0 Å². The van der Waals surface area contributed by atoms with Crippen molar-refractivity contribution >= 4 is 22.7 Å². The highest BCUT2D eigenvalue weighted by molar-refractivity contribution is 7.99. The molecule has 0 saturated carbocycles. The summed E-state index contributed by atoms with van der Waals surface area (Å²) < 4.78 is 5.51. The number of fused-ring (bicyclic) bond motifs is 1. The van der Waals surface area contributed by atoms with Crippen LogP contribution in [0.25, 0.3) is 22.0 Å². The predicted octanol–water partition coefficient (Wildman–Crippen LogP) is 3.96. The Balaban J connectivity index is 2.20. The smallest absolute Gasteiger partial charge is 0.126 e. The zero-order chi connectivity index (χ0) is 15.4. The van der Waals surface area contributed by atoms with Crippen LogP contribution < -0.4 is 10.5 Å². The number of ether oxygens (including phenoxy) is 1. The van der Waals surface area contributed by atoms with Gasteiger partial charge in [0, 0.05) is 28.8 Å². The SMILES string of the molecule is COc1ccccc1-c1cc2ccccc2nc1SCCN. The lowest BCUT2D eigenvalue weighted by molar-refractivity contribution is 0.416. The zero-order valence-electron chi connectivity index (χ0n) is 12.5. The summed E-state index contributed by atoms with van der Waals surface area (Å²) in [5, 5.41) is 2.12. The van der Waals surface area contributed by atoms with Crippen molar-refractivity contribution in [1.82, 2.24) is 4.98 Å². The van der Waals surface area contributed by atoms with Crippen LogP contribution in [0.4, 0.5) is 0 Å². The molecule has 0 saturated heterocycles. The molecule has 0 atom stereocenters. The van der Waals surface area contributed by atoms with E-state index in [1.54, 1.807) is 18.9 Å². The molecular formula is C18H18N2OS. The molecule has 22 heavy (non-hydrogen) atoms. The Morgan fingerprint density at radius 3 is 2.64 bits per heavy atom. The average Bonchev–Trinajstić information content (AvgIpc) is 2.59. The first-order valence-electron chi connectivity index (χ1n) is 7.19. The van der Waals surface area contributed by atoms with Gasteiger partial charge in [-0.25, -0.2) is 4.98 Å². The van der Waals surface area contributed by atoms with Crippen LogP contribution in [0.15, 0.2) is 59.6 Å². The van der Waals surface area contributed by atoms with Gasteiger partial charge in [0.1, 0.15) is 10.8 Å². The van der Waals surface area contributed by atoms with E-state index in [4.69, 9.17) is 15.5 Å². The first-order chi connectivity index (χ1) is 10.8. The maximum atomic E-state index is 5.66. The highest BCUT2D eigenvalue weighted by Gasteiger charge is 2.13. The number of hydrogen-bond acceptors (Lipinski definition) is 4. The fraction of sp³-hybridized carbons (Fsp3) is 0.167. The first-order valence-corrected chi connectivity index (χ1v) is 8.18. The second-order valence-corrected chi connectivity index (χ2v) is 5.95. The third-order valence-corrected chi connectivity index (χ3v) is 4.47. The van der Waals surface area contributed by atoms with Crippen LogP contribution in [0.5, 0.6) is 5.75 Å². The van der Waals surface area contributed by atoms with Gasteiger partial charge in [-0.15, -0.1) is 11.8 Å². The minimum absolute atomic E-state index is 0.630. The van der Waals surface area contributed by atoms with Crippen molar-refractivity contribution in [3.05, 3.63) is 54.6 Å². The molecule has 0 fully saturated rings. The fourth-order valence-electron chi connectivity index (χ4n) is 2.42. The Hall–Kier alpha value is -2.04.